The number of thioether (sulfide) groups is 1. The zero-order valence-corrected chi connectivity index (χ0v) is 19.3. The maximum Gasteiger partial charge on any atom is 0.318 e. The molecule has 12 heteroatoms. The van der Waals surface area contributed by atoms with Crippen LogP contribution in [0, 0.1) is 6.92 Å². The number of primary amides is 1. The summed E-state index contributed by atoms with van der Waals surface area (Å²) < 4.78 is 28.0. The number of nitrogens with one attached hydrogen (secondary N) is 1. The van der Waals surface area contributed by atoms with E-state index in [4.69, 9.17) is 5.73 Å². The molecule has 0 aliphatic carbocycles. The number of rotatable bonds is 7. The van der Waals surface area contributed by atoms with E-state index in [0.717, 1.165) is 27.3 Å². The van der Waals surface area contributed by atoms with E-state index >= 15 is 0 Å². The first kappa shape index (κ1) is 23.4. The van der Waals surface area contributed by atoms with Crippen molar-refractivity contribution in [1.29, 1.82) is 0 Å². The highest BCUT2D eigenvalue weighted by molar-refractivity contribution is 7.99. The number of benzene rings is 2. The molecule has 1 heterocycles. The van der Waals surface area contributed by atoms with E-state index in [1.807, 2.05) is 36.5 Å². The van der Waals surface area contributed by atoms with Gasteiger partial charge in [0.25, 0.3) is 0 Å². The molecule has 3 N–H and O–H groups in total. The Balaban J connectivity index is 2.08. The first-order valence-corrected chi connectivity index (χ1v) is 11.8. The summed E-state index contributed by atoms with van der Waals surface area (Å²) in [5.74, 6) is -0.270. The van der Waals surface area contributed by atoms with Gasteiger partial charge < -0.3 is 5.73 Å². The number of urea groups is 1. The molecule has 0 spiro atoms. The van der Waals surface area contributed by atoms with Crippen LogP contribution in [-0.2, 0) is 14.8 Å². The van der Waals surface area contributed by atoms with Gasteiger partial charge in [-0.25, -0.2) is 17.5 Å². The molecule has 3 rings (SSSR count). The summed E-state index contributed by atoms with van der Waals surface area (Å²) in [6.07, 6.45) is 0. The van der Waals surface area contributed by atoms with Crippen molar-refractivity contribution in [3.05, 3.63) is 54.1 Å². The standard InChI is InChI=1S/C20H22N6O4S2/c1-13-6-4-8-15(10-13)26-18(23-24-20(26)31-12-17(27)22-19(21)28)14-7-5-9-16(11-14)32(29,30)25(2)3/h4-11H,12H2,1-3H3,(H3,21,22,27,28). The van der Waals surface area contributed by atoms with Gasteiger partial charge >= 0.3 is 6.03 Å². The SMILES string of the molecule is Cc1cccc(-n2c(SCC(=O)NC(N)=O)nnc2-c2cccc(S(=O)(=O)N(C)C)c2)c1. The number of hydrogen-bond donors (Lipinski definition) is 2. The molecule has 0 bridgehead atoms. The Morgan fingerprint density at radius 2 is 1.84 bits per heavy atom. The van der Waals surface area contributed by atoms with Crippen molar-refractivity contribution >= 4 is 33.7 Å². The lowest BCUT2D eigenvalue weighted by molar-refractivity contribution is -0.117. The average molecular weight is 475 g/mol. The van der Waals surface area contributed by atoms with Crippen molar-refractivity contribution in [2.24, 2.45) is 5.73 Å². The summed E-state index contributed by atoms with van der Waals surface area (Å²) >= 11 is 1.07. The van der Waals surface area contributed by atoms with Gasteiger partial charge in [-0.3, -0.25) is 14.7 Å². The Bertz CT molecular complexity index is 1270. The maximum absolute atomic E-state index is 12.6. The van der Waals surface area contributed by atoms with E-state index in [1.54, 1.807) is 16.7 Å². The fourth-order valence-electron chi connectivity index (χ4n) is 2.86. The van der Waals surface area contributed by atoms with Crippen LogP contribution in [0.3, 0.4) is 0 Å². The average Bonchev–Trinajstić information content (AvgIpc) is 3.16. The molecule has 10 nitrogen and oxygen atoms in total. The minimum atomic E-state index is -3.64. The van der Waals surface area contributed by atoms with Gasteiger partial charge in [-0.1, -0.05) is 36.0 Å². The smallest absolute Gasteiger partial charge is 0.318 e. The number of carbonyl (C=O) groups is 2. The topological polar surface area (TPSA) is 140 Å². The Hall–Kier alpha value is -3.22. The fraction of sp³-hybridized carbons (Fsp3) is 0.200. The molecule has 2 aromatic carbocycles. The van der Waals surface area contributed by atoms with Crippen LogP contribution >= 0.6 is 11.8 Å². The summed E-state index contributed by atoms with van der Waals surface area (Å²) in [6.45, 7) is 1.94. The fourth-order valence-corrected chi connectivity index (χ4v) is 4.56. The summed E-state index contributed by atoms with van der Waals surface area (Å²) in [5.41, 5.74) is 7.26. The number of aromatic nitrogens is 3. The first-order valence-electron chi connectivity index (χ1n) is 9.37. The molecule has 0 aliphatic heterocycles. The molecule has 0 fully saturated rings. The molecule has 1 aromatic heterocycles. The van der Waals surface area contributed by atoms with Crippen molar-refractivity contribution < 1.29 is 18.0 Å². The number of carbonyl (C=O) groups excluding carboxylic acids is 2. The highest BCUT2D eigenvalue weighted by atomic mass is 32.2. The molecule has 168 valence electrons. The molecule has 3 amide bonds. The van der Waals surface area contributed by atoms with E-state index in [1.165, 1.54) is 26.2 Å². The van der Waals surface area contributed by atoms with Crippen LogP contribution in [0.25, 0.3) is 17.1 Å². The highest BCUT2D eigenvalue weighted by Crippen LogP contribution is 2.29. The van der Waals surface area contributed by atoms with Crippen LogP contribution in [0.4, 0.5) is 4.79 Å². The zero-order valence-electron chi connectivity index (χ0n) is 17.6. The Morgan fingerprint density at radius 3 is 2.50 bits per heavy atom. The lowest BCUT2D eigenvalue weighted by Gasteiger charge is -2.14. The number of sulfonamides is 1. The Morgan fingerprint density at radius 1 is 1.12 bits per heavy atom. The highest BCUT2D eigenvalue weighted by Gasteiger charge is 2.21. The normalized spacial score (nSPS) is 11.5. The lowest BCUT2D eigenvalue weighted by atomic mass is 10.2. The zero-order chi connectivity index (χ0) is 23.5. The molecule has 0 aliphatic rings. The third-order valence-corrected chi connectivity index (χ3v) is 7.10. The number of amides is 3. The Kier molecular flexibility index (Phi) is 6.96. The van der Waals surface area contributed by atoms with Crippen LogP contribution in [0.15, 0.2) is 58.6 Å². The van der Waals surface area contributed by atoms with E-state index < -0.39 is 22.0 Å². The minimum absolute atomic E-state index is 0.109. The van der Waals surface area contributed by atoms with Gasteiger partial charge in [-0.05, 0) is 36.8 Å². The molecule has 0 atom stereocenters. The molecular formula is C20H22N6O4S2. The van der Waals surface area contributed by atoms with Crippen LogP contribution in [0.5, 0.6) is 0 Å². The molecule has 3 aromatic rings. The minimum Gasteiger partial charge on any atom is -0.351 e. The van der Waals surface area contributed by atoms with Crippen LogP contribution in [0.2, 0.25) is 0 Å². The van der Waals surface area contributed by atoms with Crippen molar-refractivity contribution in [3.8, 4) is 17.1 Å². The van der Waals surface area contributed by atoms with Crippen LogP contribution < -0.4 is 11.1 Å². The van der Waals surface area contributed by atoms with Crippen molar-refractivity contribution in [2.75, 3.05) is 19.8 Å². The predicted octanol–water partition coefficient (Wildman–Crippen LogP) is 1.78. The summed E-state index contributed by atoms with van der Waals surface area (Å²) in [5, 5.41) is 10.9. The number of aryl methyl sites for hydroxylation is 1. The Labute approximate surface area is 189 Å². The molecule has 0 saturated heterocycles. The van der Waals surface area contributed by atoms with Gasteiger partial charge in [0, 0.05) is 25.3 Å². The van der Waals surface area contributed by atoms with Crippen LogP contribution in [0.1, 0.15) is 5.56 Å². The first-order chi connectivity index (χ1) is 15.1. The molecule has 32 heavy (non-hydrogen) atoms. The van der Waals surface area contributed by atoms with Gasteiger partial charge in [0.15, 0.2) is 11.0 Å². The van der Waals surface area contributed by atoms with Crippen molar-refractivity contribution in [3.63, 3.8) is 0 Å². The number of nitrogens with zero attached hydrogens (tertiary/aromatic N) is 4. The third kappa shape index (κ3) is 5.15. The van der Waals surface area contributed by atoms with E-state index in [0.29, 0.717) is 16.5 Å². The van der Waals surface area contributed by atoms with Gasteiger partial charge in [-0.2, -0.15) is 0 Å². The number of nitrogens with two attached hydrogens (primary N) is 1. The summed E-state index contributed by atoms with van der Waals surface area (Å²) in [6, 6.07) is 13.0. The van der Waals surface area contributed by atoms with Gasteiger partial charge in [0.05, 0.1) is 10.6 Å². The van der Waals surface area contributed by atoms with Gasteiger partial charge in [0.1, 0.15) is 0 Å². The largest absolute Gasteiger partial charge is 0.351 e. The summed E-state index contributed by atoms with van der Waals surface area (Å²) in [7, 11) is -0.721. The number of hydrogen-bond acceptors (Lipinski definition) is 7. The van der Waals surface area contributed by atoms with Gasteiger partial charge in [0.2, 0.25) is 15.9 Å². The third-order valence-electron chi connectivity index (χ3n) is 4.36. The van der Waals surface area contributed by atoms with Crippen molar-refractivity contribution in [2.45, 2.75) is 17.0 Å². The lowest BCUT2D eigenvalue weighted by Crippen LogP contribution is -2.36. The van der Waals surface area contributed by atoms with Gasteiger partial charge in [-0.15, -0.1) is 10.2 Å². The second kappa shape index (κ2) is 9.51. The van der Waals surface area contributed by atoms with E-state index in [-0.39, 0.29) is 10.6 Å². The van der Waals surface area contributed by atoms with E-state index in [9.17, 15) is 18.0 Å². The summed E-state index contributed by atoms with van der Waals surface area (Å²) in [4.78, 5) is 22.9. The van der Waals surface area contributed by atoms with E-state index in [2.05, 4.69) is 10.2 Å². The second-order valence-corrected chi connectivity index (χ2v) is 10.1. The quantitative estimate of drug-likeness (QED) is 0.497. The molecular weight excluding hydrogens is 452 g/mol. The van der Waals surface area contributed by atoms with Crippen molar-refractivity contribution in [1.82, 2.24) is 24.4 Å². The second-order valence-electron chi connectivity index (χ2n) is 7.00. The number of imide groups is 1. The maximum atomic E-state index is 12.6. The monoisotopic (exact) mass is 474 g/mol. The molecule has 0 radical (unpaired) electrons. The molecule has 0 saturated carbocycles. The van der Waals surface area contributed by atoms with Crippen LogP contribution in [-0.4, -0.2) is 59.3 Å². The molecule has 0 unspecified atom stereocenters. The predicted molar refractivity (Wildman–Crippen MR) is 121 cm³/mol.